The first kappa shape index (κ1) is 13.8. The van der Waals surface area contributed by atoms with E-state index in [0.717, 1.165) is 20.8 Å². The highest BCUT2D eigenvalue weighted by molar-refractivity contribution is 9.10. The average molecular weight is 329 g/mol. The normalized spacial score (nSPS) is 11.9. The van der Waals surface area contributed by atoms with Gasteiger partial charge in [-0.2, -0.15) is 0 Å². The Kier molecular flexibility index (Phi) is 4.23. The van der Waals surface area contributed by atoms with Crippen LogP contribution in [0, 0.1) is 0 Å². The summed E-state index contributed by atoms with van der Waals surface area (Å²) in [4.78, 5) is 0. The van der Waals surface area contributed by atoms with Gasteiger partial charge < -0.3 is 9.05 Å². The van der Waals surface area contributed by atoms with E-state index in [0.29, 0.717) is 0 Å². The molecular formula is C13H14BrO3P. The van der Waals surface area contributed by atoms with E-state index in [2.05, 4.69) is 15.9 Å². The average Bonchev–Trinajstić information content (AvgIpc) is 2.42. The van der Waals surface area contributed by atoms with Crippen LogP contribution in [0.5, 0.6) is 0 Å². The number of benzene rings is 2. The molecule has 0 atom stereocenters. The van der Waals surface area contributed by atoms with Gasteiger partial charge in [-0.1, -0.05) is 36.4 Å². The van der Waals surface area contributed by atoms with Gasteiger partial charge in [0.15, 0.2) is 0 Å². The van der Waals surface area contributed by atoms with Gasteiger partial charge in [0.2, 0.25) is 0 Å². The molecule has 0 aromatic heterocycles. The maximum absolute atomic E-state index is 12.1. The molecular weight excluding hydrogens is 315 g/mol. The van der Waals surface area contributed by atoms with Crippen molar-refractivity contribution >= 4 is 34.3 Å². The second-order valence-corrected chi connectivity index (χ2v) is 6.96. The van der Waals surface area contributed by atoms with Crippen molar-refractivity contribution in [3.8, 4) is 0 Å². The van der Waals surface area contributed by atoms with Gasteiger partial charge in [0.05, 0.1) is 6.16 Å². The van der Waals surface area contributed by atoms with Crippen molar-refractivity contribution in [1.29, 1.82) is 0 Å². The molecule has 0 aliphatic carbocycles. The molecule has 0 spiro atoms. The Labute approximate surface area is 115 Å². The lowest BCUT2D eigenvalue weighted by Crippen LogP contribution is -1.95. The largest absolute Gasteiger partial charge is 0.334 e. The van der Waals surface area contributed by atoms with E-state index in [1.165, 1.54) is 14.2 Å². The molecule has 3 nitrogen and oxygen atoms in total. The summed E-state index contributed by atoms with van der Waals surface area (Å²) in [5.74, 6) is 0. The van der Waals surface area contributed by atoms with Crippen LogP contribution in [-0.4, -0.2) is 14.2 Å². The number of halogens is 1. The third-order valence-electron chi connectivity index (χ3n) is 2.86. The van der Waals surface area contributed by atoms with Crippen molar-refractivity contribution in [2.75, 3.05) is 14.2 Å². The molecule has 96 valence electrons. The van der Waals surface area contributed by atoms with Crippen LogP contribution < -0.4 is 0 Å². The minimum absolute atomic E-state index is 0.255. The molecule has 0 fully saturated rings. The Hall–Kier alpha value is -0.670. The van der Waals surface area contributed by atoms with E-state index in [1.54, 1.807) is 0 Å². The van der Waals surface area contributed by atoms with Gasteiger partial charge >= 0.3 is 7.60 Å². The fourth-order valence-corrected chi connectivity index (χ4v) is 3.75. The zero-order valence-corrected chi connectivity index (χ0v) is 12.7. The molecule has 0 radical (unpaired) electrons. The number of rotatable bonds is 4. The van der Waals surface area contributed by atoms with Gasteiger partial charge in [0, 0.05) is 18.7 Å². The summed E-state index contributed by atoms with van der Waals surface area (Å²) in [6.07, 6.45) is 0.255. The predicted octanol–water partition coefficient (Wildman–Crippen LogP) is 4.59. The van der Waals surface area contributed by atoms with Crippen LogP contribution >= 0.6 is 23.5 Å². The Morgan fingerprint density at radius 3 is 2.44 bits per heavy atom. The van der Waals surface area contributed by atoms with Gasteiger partial charge in [-0.25, -0.2) is 0 Å². The van der Waals surface area contributed by atoms with Crippen molar-refractivity contribution in [2.45, 2.75) is 6.16 Å². The maximum Gasteiger partial charge on any atom is 0.334 e. The summed E-state index contributed by atoms with van der Waals surface area (Å²) in [6.45, 7) is 0. The smallest absolute Gasteiger partial charge is 0.312 e. The van der Waals surface area contributed by atoms with Crippen LogP contribution in [-0.2, 0) is 19.8 Å². The molecule has 18 heavy (non-hydrogen) atoms. The zero-order valence-electron chi connectivity index (χ0n) is 10.2. The highest BCUT2D eigenvalue weighted by Gasteiger charge is 2.23. The fraction of sp³-hybridized carbons (Fsp3) is 0.231. The van der Waals surface area contributed by atoms with Gasteiger partial charge in [0.25, 0.3) is 0 Å². The molecule has 0 aliphatic heterocycles. The van der Waals surface area contributed by atoms with Crippen LogP contribution in [0.4, 0.5) is 0 Å². The summed E-state index contributed by atoms with van der Waals surface area (Å²) in [7, 11) is -0.234. The summed E-state index contributed by atoms with van der Waals surface area (Å²) in [5, 5.41) is 2.23. The third-order valence-corrected chi connectivity index (χ3v) is 5.64. The first-order valence-corrected chi connectivity index (χ1v) is 7.98. The Morgan fingerprint density at radius 1 is 1.11 bits per heavy atom. The maximum atomic E-state index is 12.1. The molecule has 0 unspecified atom stereocenters. The van der Waals surface area contributed by atoms with Crippen molar-refractivity contribution < 1.29 is 13.6 Å². The van der Waals surface area contributed by atoms with Gasteiger partial charge in [-0.3, -0.25) is 4.57 Å². The second-order valence-electron chi connectivity index (χ2n) is 3.89. The van der Waals surface area contributed by atoms with Gasteiger partial charge in [-0.05, 0) is 32.3 Å². The minimum atomic E-state index is -3.04. The van der Waals surface area contributed by atoms with Crippen molar-refractivity contribution in [2.24, 2.45) is 0 Å². The third kappa shape index (κ3) is 2.67. The summed E-state index contributed by atoms with van der Waals surface area (Å²) in [6, 6.07) is 12.0. The van der Waals surface area contributed by atoms with Crippen LogP contribution in [0.15, 0.2) is 40.9 Å². The van der Waals surface area contributed by atoms with Crippen LogP contribution in [0.1, 0.15) is 5.56 Å². The van der Waals surface area contributed by atoms with Crippen LogP contribution in [0.2, 0.25) is 0 Å². The summed E-state index contributed by atoms with van der Waals surface area (Å²) < 4.78 is 23.0. The van der Waals surface area contributed by atoms with Crippen molar-refractivity contribution in [3.63, 3.8) is 0 Å². The lowest BCUT2D eigenvalue weighted by Gasteiger charge is -2.15. The Balaban J connectivity index is 2.47. The Bertz CT molecular complexity index is 604. The monoisotopic (exact) mass is 328 g/mol. The first-order chi connectivity index (χ1) is 8.59. The molecule has 2 rings (SSSR count). The molecule has 0 amide bonds. The Morgan fingerprint density at radius 2 is 1.78 bits per heavy atom. The highest BCUT2D eigenvalue weighted by atomic mass is 79.9. The second kappa shape index (κ2) is 5.54. The zero-order chi connectivity index (χ0) is 13.2. The molecule has 5 heteroatoms. The number of hydrogen-bond donors (Lipinski definition) is 0. The molecule has 0 saturated heterocycles. The fourth-order valence-electron chi connectivity index (χ4n) is 1.81. The first-order valence-electron chi connectivity index (χ1n) is 5.46. The highest BCUT2D eigenvalue weighted by Crippen LogP contribution is 2.51. The molecule has 2 aromatic carbocycles. The number of fused-ring (bicyclic) bond motifs is 1. The van der Waals surface area contributed by atoms with E-state index in [4.69, 9.17) is 9.05 Å². The molecule has 0 bridgehead atoms. The molecule has 0 heterocycles. The molecule has 0 N–H and O–H groups in total. The molecule has 0 saturated carbocycles. The topological polar surface area (TPSA) is 35.5 Å². The van der Waals surface area contributed by atoms with Gasteiger partial charge in [0.1, 0.15) is 0 Å². The molecule has 2 aromatic rings. The lowest BCUT2D eigenvalue weighted by atomic mass is 10.1. The summed E-state index contributed by atoms with van der Waals surface area (Å²) in [5.41, 5.74) is 0.917. The minimum Gasteiger partial charge on any atom is -0.312 e. The van der Waals surface area contributed by atoms with Crippen LogP contribution in [0.25, 0.3) is 10.8 Å². The van der Waals surface area contributed by atoms with Gasteiger partial charge in [-0.15, -0.1) is 0 Å². The predicted molar refractivity (Wildman–Crippen MR) is 77.0 cm³/mol. The van der Waals surface area contributed by atoms with E-state index in [1.807, 2.05) is 36.4 Å². The van der Waals surface area contributed by atoms with Crippen molar-refractivity contribution in [1.82, 2.24) is 0 Å². The van der Waals surface area contributed by atoms with E-state index >= 15 is 0 Å². The van der Waals surface area contributed by atoms with Crippen LogP contribution in [0.3, 0.4) is 0 Å². The standard InChI is InChI=1S/C13H14BrO3P/c1-16-18(15,17-2)9-11-8-7-10-5-3-4-6-12(10)13(11)14/h3-8H,9H2,1-2H3. The van der Waals surface area contributed by atoms with E-state index in [-0.39, 0.29) is 6.16 Å². The van der Waals surface area contributed by atoms with E-state index in [9.17, 15) is 4.57 Å². The SMILES string of the molecule is COP(=O)(Cc1ccc2ccccc2c1Br)OC. The van der Waals surface area contributed by atoms with Crippen molar-refractivity contribution in [3.05, 3.63) is 46.4 Å². The quantitative estimate of drug-likeness (QED) is 0.770. The summed E-state index contributed by atoms with van der Waals surface area (Å²) >= 11 is 3.56. The lowest BCUT2D eigenvalue weighted by molar-refractivity contribution is 0.274. The van der Waals surface area contributed by atoms with E-state index < -0.39 is 7.60 Å². The molecule has 0 aliphatic rings. The number of hydrogen-bond acceptors (Lipinski definition) is 3.